The Labute approximate surface area is 150 Å². The molecular weight excluding hydrogens is 364 g/mol. The van der Waals surface area contributed by atoms with Crippen LogP contribution in [0.3, 0.4) is 0 Å². The van der Waals surface area contributed by atoms with Crippen LogP contribution in [-0.2, 0) is 14.8 Å². The molecule has 1 aromatic carbocycles. The molecule has 136 valence electrons. The zero-order chi connectivity index (χ0) is 17.9. The number of carbonyl (C=O) groups is 1. The normalized spacial score (nSPS) is 22.6. The molecule has 1 N–H and O–H groups in total. The Balaban J connectivity index is 1.72. The van der Waals surface area contributed by atoms with Crippen molar-refractivity contribution in [2.75, 3.05) is 25.4 Å². The molecule has 2 aliphatic heterocycles. The fourth-order valence-corrected chi connectivity index (χ4v) is 5.80. The molecule has 0 bridgehead atoms. The summed E-state index contributed by atoms with van der Waals surface area (Å²) >= 11 is 1.12. The number of carboxylic acid groups (broad SMARTS) is 1. The van der Waals surface area contributed by atoms with E-state index in [1.165, 1.54) is 18.6 Å². The molecule has 8 nitrogen and oxygen atoms in total. The second-order valence-electron chi connectivity index (χ2n) is 5.87. The summed E-state index contributed by atoms with van der Waals surface area (Å²) in [6.07, 6.45) is 3.42. The van der Waals surface area contributed by atoms with Crippen LogP contribution >= 0.6 is 11.8 Å². The third-order valence-corrected chi connectivity index (χ3v) is 7.32. The van der Waals surface area contributed by atoms with Crippen molar-refractivity contribution in [2.24, 2.45) is 10.3 Å². The number of piperidine rings is 1. The lowest BCUT2D eigenvalue weighted by Gasteiger charge is -2.21. The van der Waals surface area contributed by atoms with Crippen LogP contribution < -0.4 is 0 Å². The lowest BCUT2D eigenvalue weighted by molar-refractivity contribution is -0.138. The molecule has 10 heteroatoms. The number of carboxylic acids is 1. The molecular formula is C15H20N4O4S2. The fourth-order valence-electron chi connectivity index (χ4n) is 2.80. The zero-order valence-electron chi connectivity index (χ0n) is 13.6. The van der Waals surface area contributed by atoms with Gasteiger partial charge in [-0.1, -0.05) is 5.22 Å². The van der Waals surface area contributed by atoms with Crippen molar-refractivity contribution in [2.45, 2.75) is 29.5 Å². The van der Waals surface area contributed by atoms with Gasteiger partial charge in [-0.15, -0.1) is 16.9 Å². The summed E-state index contributed by atoms with van der Waals surface area (Å²) in [6, 6.07) is 6.06. The van der Waals surface area contributed by atoms with Gasteiger partial charge in [-0.05, 0) is 43.5 Å². The second kappa shape index (κ2) is 7.71. The number of nitrogens with zero attached hydrogens (tertiary/aromatic N) is 4. The number of benzene rings is 1. The van der Waals surface area contributed by atoms with Crippen LogP contribution in [0.15, 0.2) is 39.5 Å². The number of rotatable bonds is 5. The van der Waals surface area contributed by atoms with Gasteiger partial charge in [0.15, 0.2) is 5.37 Å². The van der Waals surface area contributed by atoms with Crippen LogP contribution in [0, 0.1) is 0 Å². The summed E-state index contributed by atoms with van der Waals surface area (Å²) in [5.41, 5.74) is 0.565. The topological polar surface area (TPSA) is 103 Å². The molecule has 0 radical (unpaired) electrons. The number of hydrogen-bond donors (Lipinski definition) is 1. The van der Waals surface area contributed by atoms with E-state index in [0.717, 1.165) is 42.0 Å². The van der Waals surface area contributed by atoms with E-state index in [4.69, 9.17) is 0 Å². The summed E-state index contributed by atoms with van der Waals surface area (Å²) in [7, 11) is -3.84. The molecule has 0 saturated carbocycles. The zero-order valence-corrected chi connectivity index (χ0v) is 15.2. The quantitative estimate of drug-likeness (QED) is 0.782. The number of thioether (sulfide) groups is 1. The highest BCUT2D eigenvalue weighted by molar-refractivity contribution is 8.02. The molecule has 0 unspecified atom stereocenters. The lowest BCUT2D eigenvalue weighted by Crippen LogP contribution is -2.39. The van der Waals surface area contributed by atoms with Crippen molar-refractivity contribution in [1.29, 1.82) is 0 Å². The van der Waals surface area contributed by atoms with Crippen molar-refractivity contribution in [3.8, 4) is 0 Å². The van der Waals surface area contributed by atoms with Gasteiger partial charge in [-0.3, -0.25) is 5.01 Å². The van der Waals surface area contributed by atoms with Crippen LogP contribution in [0.5, 0.6) is 0 Å². The fraction of sp³-hybridized carbons (Fsp3) is 0.533. The molecule has 2 heterocycles. The largest absolute Gasteiger partial charge is 0.479 e. The standard InChI is InChI=1S/C15H20N4O4S2/c20-15(21)14-19(10-11-24-14)25(22,23)13-6-4-12(5-7-13)16-17-18-8-2-1-3-9-18/h4-7,14H,1-3,8-11H2,(H,20,21)/t14-/m0/s1. The predicted octanol–water partition coefficient (Wildman–Crippen LogP) is 2.32. The minimum atomic E-state index is -3.84. The van der Waals surface area contributed by atoms with Gasteiger partial charge in [0, 0.05) is 25.4 Å². The van der Waals surface area contributed by atoms with Crippen molar-refractivity contribution in [1.82, 2.24) is 9.31 Å². The smallest absolute Gasteiger partial charge is 0.332 e. The van der Waals surface area contributed by atoms with Crippen molar-refractivity contribution >= 4 is 33.4 Å². The summed E-state index contributed by atoms with van der Waals surface area (Å²) in [6.45, 7) is 1.97. The lowest BCUT2D eigenvalue weighted by atomic mass is 10.2. The highest BCUT2D eigenvalue weighted by atomic mass is 32.2. The van der Waals surface area contributed by atoms with Crippen molar-refractivity contribution in [3.63, 3.8) is 0 Å². The molecule has 2 saturated heterocycles. The Morgan fingerprint density at radius 2 is 1.80 bits per heavy atom. The Kier molecular flexibility index (Phi) is 5.60. The van der Waals surface area contributed by atoms with Gasteiger partial charge in [0.25, 0.3) is 0 Å². The molecule has 3 rings (SSSR count). The second-order valence-corrected chi connectivity index (χ2v) is 8.95. The van der Waals surface area contributed by atoms with E-state index in [9.17, 15) is 18.3 Å². The summed E-state index contributed by atoms with van der Waals surface area (Å²) in [4.78, 5) is 11.3. The van der Waals surface area contributed by atoms with Gasteiger partial charge in [0.05, 0.1) is 10.6 Å². The molecule has 0 amide bonds. The SMILES string of the molecule is O=C(O)[C@@H]1SCCN1S(=O)(=O)c1ccc(N=NN2CCCCC2)cc1. The van der Waals surface area contributed by atoms with E-state index in [-0.39, 0.29) is 11.4 Å². The van der Waals surface area contributed by atoms with E-state index < -0.39 is 21.4 Å². The van der Waals surface area contributed by atoms with Gasteiger partial charge in [-0.25, -0.2) is 13.2 Å². The Morgan fingerprint density at radius 3 is 2.44 bits per heavy atom. The van der Waals surface area contributed by atoms with Gasteiger partial charge in [0.1, 0.15) is 0 Å². The molecule has 25 heavy (non-hydrogen) atoms. The van der Waals surface area contributed by atoms with E-state index in [1.54, 1.807) is 12.1 Å². The maximum absolute atomic E-state index is 12.7. The number of aliphatic carboxylic acids is 1. The van der Waals surface area contributed by atoms with E-state index >= 15 is 0 Å². The Hall–Kier alpha value is -1.65. The van der Waals surface area contributed by atoms with Crippen LogP contribution in [0.1, 0.15) is 19.3 Å². The number of sulfonamides is 1. The third kappa shape index (κ3) is 4.13. The van der Waals surface area contributed by atoms with Crippen LogP contribution in [0.4, 0.5) is 5.69 Å². The molecule has 0 aromatic heterocycles. The minimum Gasteiger partial charge on any atom is -0.479 e. The monoisotopic (exact) mass is 384 g/mol. The van der Waals surface area contributed by atoms with Crippen LogP contribution in [-0.4, -0.2) is 59.6 Å². The first-order valence-electron chi connectivity index (χ1n) is 8.11. The van der Waals surface area contributed by atoms with Gasteiger partial charge < -0.3 is 5.11 Å². The van der Waals surface area contributed by atoms with E-state index in [1.807, 2.05) is 5.01 Å². The highest BCUT2D eigenvalue weighted by Gasteiger charge is 2.40. The van der Waals surface area contributed by atoms with E-state index in [2.05, 4.69) is 10.3 Å². The first-order chi connectivity index (χ1) is 12.0. The summed E-state index contributed by atoms with van der Waals surface area (Å²) in [5, 5.41) is 18.3. The average Bonchev–Trinajstić information content (AvgIpc) is 3.12. The maximum atomic E-state index is 12.7. The van der Waals surface area contributed by atoms with Gasteiger partial charge >= 0.3 is 5.97 Å². The van der Waals surface area contributed by atoms with Crippen LogP contribution in [0.25, 0.3) is 0 Å². The first kappa shape index (κ1) is 18.2. The van der Waals surface area contributed by atoms with E-state index in [0.29, 0.717) is 11.4 Å². The summed E-state index contributed by atoms with van der Waals surface area (Å²) < 4.78 is 26.3. The molecule has 1 atom stereocenters. The highest BCUT2D eigenvalue weighted by Crippen LogP contribution is 2.30. The Morgan fingerprint density at radius 1 is 1.12 bits per heavy atom. The average molecular weight is 384 g/mol. The third-order valence-electron chi connectivity index (χ3n) is 4.12. The molecule has 0 spiro atoms. The van der Waals surface area contributed by atoms with Gasteiger partial charge in [-0.2, -0.15) is 4.31 Å². The Bertz CT molecular complexity index is 745. The summed E-state index contributed by atoms with van der Waals surface area (Å²) in [5.74, 6) is -0.670. The minimum absolute atomic E-state index is 0.0678. The molecule has 0 aliphatic carbocycles. The molecule has 2 aliphatic rings. The predicted molar refractivity (Wildman–Crippen MR) is 94.2 cm³/mol. The molecule has 2 fully saturated rings. The maximum Gasteiger partial charge on any atom is 0.332 e. The van der Waals surface area contributed by atoms with Crippen LogP contribution in [0.2, 0.25) is 0 Å². The van der Waals surface area contributed by atoms with Gasteiger partial charge in [0.2, 0.25) is 10.0 Å². The molecule has 1 aromatic rings. The first-order valence-corrected chi connectivity index (χ1v) is 10.6. The number of hydrogen-bond acceptors (Lipinski definition) is 6. The van der Waals surface area contributed by atoms with Crippen molar-refractivity contribution in [3.05, 3.63) is 24.3 Å². The van der Waals surface area contributed by atoms with Crippen molar-refractivity contribution < 1.29 is 18.3 Å².